The number of nitrogens with zero attached hydrogens (tertiary/aromatic N) is 1. The monoisotopic (exact) mass is 364 g/mol. The van der Waals surface area contributed by atoms with Crippen LogP contribution in [0.15, 0.2) is 42.5 Å². The van der Waals surface area contributed by atoms with Crippen LogP contribution in [-0.2, 0) is 28.9 Å². The van der Waals surface area contributed by atoms with Crippen LogP contribution in [0.3, 0.4) is 0 Å². The molecule has 0 saturated carbocycles. The Morgan fingerprint density at radius 2 is 2.04 bits per heavy atom. The van der Waals surface area contributed by atoms with E-state index in [1.807, 2.05) is 18.2 Å². The summed E-state index contributed by atoms with van der Waals surface area (Å²) in [5, 5.41) is 2.95. The summed E-state index contributed by atoms with van der Waals surface area (Å²) in [6.07, 6.45) is 2.59. The van der Waals surface area contributed by atoms with E-state index < -0.39 is 11.6 Å². The van der Waals surface area contributed by atoms with Gasteiger partial charge in [0.15, 0.2) is 5.60 Å². The number of rotatable bonds is 3. The van der Waals surface area contributed by atoms with Crippen molar-refractivity contribution < 1.29 is 14.3 Å². The molecular weight excluding hydrogens is 340 g/mol. The summed E-state index contributed by atoms with van der Waals surface area (Å²) in [6, 6.07) is 13.6. The lowest BCUT2D eigenvalue weighted by Crippen LogP contribution is -2.51. The third-order valence-electron chi connectivity index (χ3n) is 5.51. The summed E-state index contributed by atoms with van der Waals surface area (Å²) in [4.78, 5) is 27.3. The predicted octanol–water partition coefficient (Wildman–Crippen LogP) is 2.86. The number of nitrogens with one attached hydrogen (secondary N) is 1. The van der Waals surface area contributed by atoms with Crippen molar-refractivity contribution in [3.63, 3.8) is 0 Å². The zero-order valence-electron chi connectivity index (χ0n) is 15.7. The van der Waals surface area contributed by atoms with Gasteiger partial charge in [-0.1, -0.05) is 30.3 Å². The van der Waals surface area contributed by atoms with Crippen LogP contribution in [0, 0.1) is 0 Å². The fourth-order valence-electron chi connectivity index (χ4n) is 3.98. The number of carbonyl (C=O) groups is 2. The Morgan fingerprint density at radius 3 is 2.89 bits per heavy atom. The van der Waals surface area contributed by atoms with Crippen molar-refractivity contribution in [3.05, 3.63) is 64.7 Å². The Bertz CT molecular complexity index is 908. The Morgan fingerprint density at radius 1 is 1.22 bits per heavy atom. The van der Waals surface area contributed by atoms with E-state index >= 15 is 0 Å². The third kappa shape index (κ3) is 3.29. The van der Waals surface area contributed by atoms with Gasteiger partial charge in [0.25, 0.3) is 5.91 Å². The van der Waals surface area contributed by atoms with Crippen LogP contribution in [-0.4, -0.2) is 31.1 Å². The molecule has 0 aliphatic carbocycles. The number of aryl methyl sites for hydroxylation is 1. The first kappa shape index (κ1) is 17.6. The van der Waals surface area contributed by atoms with Gasteiger partial charge in [-0.15, -0.1) is 0 Å². The molecule has 1 amide bonds. The lowest BCUT2D eigenvalue weighted by atomic mass is 9.89. The number of benzene rings is 2. The Labute approximate surface area is 159 Å². The summed E-state index contributed by atoms with van der Waals surface area (Å²) in [6.45, 7) is 3.18. The first-order valence-corrected chi connectivity index (χ1v) is 9.39. The third-order valence-corrected chi connectivity index (χ3v) is 5.51. The van der Waals surface area contributed by atoms with Crippen molar-refractivity contribution in [2.24, 2.45) is 0 Å². The standard InChI is InChI=1S/C22H24N2O3/c1-22(13-17-6-3-4-8-18(17)20(25)27-22)21(26)23-14-15-9-10-19-16(12-15)7-5-11-24(19)2/h3-4,6,8-10,12H,5,7,11,13-14H2,1-2H3,(H,23,26)/t22-/m0/s1. The SMILES string of the molecule is CN1CCCc2cc(CNC(=O)[C@]3(C)Cc4ccccc4C(=O)O3)ccc21. The van der Waals surface area contributed by atoms with E-state index in [-0.39, 0.29) is 5.91 Å². The molecule has 2 aliphatic rings. The number of cyclic esters (lactones) is 1. The molecule has 1 atom stereocenters. The Balaban J connectivity index is 1.46. The molecule has 0 unspecified atom stereocenters. The summed E-state index contributed by atoms with van der Waals surface area (Å²) < 4.78 is 5.50. The Kier molecular flexibility index (Phi) is 4.38. The lowest BCUT2D eigenvalue weighted by Gasteiger charge is -2.33. The quantitative estimate of drug-likeness (QED) is 0.851. The molecule has 27 heavy (non-hydrogen) atoms. The number of hydrogen-bond donors (Lipinski definition) is 1. The molecular formula is C22H24N2O3. The molecule has 1 N–H and O–H groups in total. The molecule has 0 bridgehead atoms. The van der Waals surface area contributed by atoms with Crippen LogP contribution in [0.1, 0.15) is 40.4 Å². The first-order chi connectivity index (χ1) is 13.0. The van der Waals surface area contributed by atoms with Crippen LogP contribution in [0.5, 0.6) is 0 Å². The number of carbonyl (C=O) groups excluding carboxylic acids is 2. The second kappa shape index (κ2) is 6.72. The van der Waals surface area contributed by atoms with Crippen molar-refractivity contribution in [2.45, 2.75) is 38.3 Å². The van der Waals surface area contributed by atoms with Crippen molar-refractivity contribution in [1.82, 2.24) is 5.32 Å². The van der Waals surface area contributed by atoms with Gasteiger partial charge in [-0.05, 0) is 48.6 Å². The number of fused-ring (bicyclic) bond motifs is 2. The van der Waals surface area contributed by atoms with E-state index in [0.29, 0.717) is 18.5 Å². The van der Waals surface area contributed by atoms with Crippen molar-refractivity contribution in [2.75, 3.05) is 18.5 Å². The van der Waals surface area contributed by atoms with Gasteiger partial charge in [0.2, 0.25) is 0 Å². The second-order valence-electron chi connectivity index (χ2n) is 7.63. The Hall–Kier alpha value is -2.82. The van der Waals surface area contributed by atoms with E-state index in [4.69, 9.17) is 4.74 Å². The number of anilines is 1. The minimum atomic E-state index is -1.18. The minimum absolute atomic E-state index is 0.264. The normalized spacial score (nSPS) is 21.1. The smallest absolute Gasteiger partial charge is 0.339 e. The number of esters is 1. The summed E-state index contributed by atoms with van der Waals surface area (Å²) >= 11 is 0. The fraction of sp³-hybridized carbons (Fsp3) is 0.364. The molecule has 0 aromatic heterocycles. The number of ether oxygens (including phenoxy) is 1. The van der Waals surface area contributed by atoms with Gasteiger partial charge in [0.1, 0.15) is 0 Å². The molecule has 0 spiro atoms. The van der Waals surface area contributed by atoms with Crippen LogP contribution >= 0.6 is 0 Å². The molecule has 5 heteroatoms. The average molecular weight is 364 g/mol. The molecule has 0 radical (unpaired) electrons. The first-order valence-electron chi connectivity index (χ1n) is 9.39. The van der Waals surface area contributed by atoms with Gasteiger partial charge in [-0.3, -0.25) is 4.79 Å². The summed E-state index contributed by atoms with van der Waals surface area (Å²) in [5.41, 5.74) is 3.86. The van der Waals surface area contributed by atoms with Crippen molar-refractivity contribution in [3.8, 4) is 0 Å². The highest BCUT2D eigenvalue weighted by molar-refractivity contribution is 5.97. The van der Waals surface area contributed by atoms with E-state index in [9.17, 15) is 9.59 Å². The fourth-order valence-corrected chi connectivity index (χ4v) is 3.98. The highest BCUT2D eigenvalue weighted by atomic mass is 16.6. The zero-order chi connectivity index (χ0) is 19.0. The predicted molar refractivity (Wildman–Crippen MR) is 104 cm³/mol. The summed E-state index contributed by atoms with van der Waals surface area (Å²) in [5.74, 6) is -0.702. The molecule has 4 rings (SSSR count). The molecule has 0 saturated heterocycles. The van der Waals surface area contributed by atoms with E-state index in [2.05, 4.69) is 29.4 Å². The number of amides is 1. The summed E-state index contributed by atoms with van der Waals surface area (Å²) in [7, 11) is 2.11. The van der Waals surface area contributed by atoms with Gasteiger partial charge >= 0.3 is 5.97 Å². The highest BCUT2D eigenvalue weighted by Crippen LogP contribution is 2.29. The molecule has 2 aliphatic heterocycles. The molecule has 140 valence electrons. The molecule has 2 aromatic carbocycles. The lowest BCUT2D eigenvalue weighted by molar-refractivity contribution is -0.139. The van der Waals surface area contributed by atoms with Crippen LogP contribution < -0.4 is 10.2 Å². The minimum Gasteiger partial charge on any atom is -0.445 e. The van der Waals surface area contributed by atoms with Gasteiger partial charge in [-0.2, -0.15) is 0 Å². The average Bonchev–Trinajstić information content (AvgIpc) is 2.66. The van der Waals surface area contributed by atoms with E-state index in [1.54, 1.807) is 19.1 Å². The largest absolute Gasteiger partial charge is 0.445 e. The highest BCUT2D eigenvalue weighted by Gasteiger charge is 2.42. The van der Waals surface area contributed by atoms with Gasteiger partial charge in [-0.25, -0.2) is 4.79 Å². The van der Waals surface area contributed by atoms with Gasteiger partial charge < -0.3 is 15.0 Å². The van der Waals surface area contributed by atoms with Crippen LogP contribution in [0.25, 0.3) is 0 Å². The van der Waals surface area contributed by atoms with Gasteiger partial charge in [0.05, 0.1) is 5.56 Å². The zero-order valence-corrected chi connectivity index (χ0v) is 15.7. The number of hydrogen-bond acceptors (Lipinski definition) is 4. The van der Waals surface area contributed by atoms with Crippen LogP contribution in [0.4, 0.5) is 5.69 Å². The molecule has 2 heterocycles. The molecule has 2 aromatic rings. The van der Waals surface area contributed by atoms with E-state index in [0.717, 1.165) is 30.5 Å². The maximum atomic E-state index is 12.8. The topological polar surface area (TPSA) is 58.6 Å². The molecule has 5 nitrogen and oxygen atoms in total. The second-order valence-corrected chi connectivity index (χ2v) is 7.63. The van der Waals surface area contributed by atoms with E-state index in [1.165, 1.54) is 11.3 Å². The maximum absolute atomic E-state index is 12.8. The van der Waals surface area contributed by atoms with Crippen LogP contribution in [0.2, 0.25) is 0 Å². The van der Waals surface area contributed by atoms with Crippen molar-refractivity contribution >= 4 is 17.6 Å². The van der Waals surface area contributed by atoms with Gasteiger partial charge in [0, 0.05) is 32.2 Å². The van der Waals surface area contributed by atoms with Crippen molar-refractivity contribution in [1.29, 1.82) is 0 Å². The maximum Gasteiger partial charge on any atom is 0.339 e. The molecule has 0 fully saturated rings.